The van der Waals surface area contributed by atoms with Crippen LogP contribution in [0.25, 0.3) is 21.6 Å². The predicted molar refractivity (Wildman–Crippen MR) is 147 cm³/mol. The molecule has 36 heavy (non-hydrogen) atoms. The van der Waals surface area contributed by atoms with Crippen molar-refractivity contribution in [3.8, 4) is 27.6 Å². The van der Waals surface area contributed by atoms with Gasteiger partial charge < -0.3 is 21.1 Å². The average molecular weight is 525 g/mol. The molecule has 1 aliphatic heterocycles. The van der Waals surface area contributed by atoms with Gasteiger partial charge in [-0.25, -0.2) is 4.39 Å². The fraction of sp³-hybridized carbons (Fsp3) is 0.333. The maximum Gasteiger partial charge on any atom is 0.207 e. The summed E-state index contributed by atoms with van der Waals surface area (Å²) in [6.45, 7) is 2.05. The zero-order chi connectivity index (χ0) is 25.7. The molecule has 4 N–H and O–H groups in total. The lowest BCUT2D eigenvalue weighted by Gasteiger charge is -2.19. The number of amides is 1. The highest BCUT2D eigenvalue weighted by atomic mass is 32.1. The molecule has 0 spiro atoms. The minimum atomic E-state index is -0.540. The van der Waals surface area contributed by atoms with Crippen molar-refractivity contribution in [2.45, 2.75) is 37.8 Å². The summed E-state index contributed by atoms with van der Waals surface area (Å²) in [6.07, 6.45) is 3.41. The number of nitriles is 1. The van der Waals surface area contributed by atoms with Gasteiger partial charge in [0.05, 0.1) is 11.7 Å². The molecule has 3 aromatic rings. The molecule has 4 rings (SSSR count). The molecule has 1 amide bonds. The van der Waals surface area contributed by atoms with Gasteiger partial charge in [0.15, 0.2) is 0 Å². The Labute approximate surface area is 217 Å². The number of carbonyl (C=O) groups excluding carboxylic acids is 1. The number of rotatable bonds is 10. The Morgan fingerprint density at radius 2 is 2.14 bits per heavy atom. The van der Waals surface area contributed by atoms with Gasteiger partial charge in [-0.3, -0.25) is 4.79 Å². The van der Waals surface area contributed by atoms with Gasteiger partial charge in [0, 0.05) is 46.7 Å². The maximum absolute atomic E-state index is 14.5. The average Bonchev–Trinajstić information content (AvgIpc) is 3.48. The van der Waals surface area contributed by atoms with Gasteiger partial charge in [0.1, 0.15) is 11.9 Å². The van der Waals surface area contributed by atoms with Crippen LogP contribution < -0.4 is 21.3 Å². The zero-order valence-corrected chi connectivity index (χ0v) is 21.9. The number of aliphatic hydroxyl groups is 1. The summed E-state index contributed by atoms with van der Waals surface area (Å²) in [5.74, 6) is -0.540. The molecule has 3 unspecified atom stereocenters. The van der Waals surface area contributed by atoms with Crippen LogP contribution in [0.5, 0.6) is 0 Å². The number of nitrogens with one attached hydrogen (secondary N) is 1. The maximum atomic E-state index is 14.5. The quantitative estimate of drug-likeness (QED) is 0.214. The molecular weight excluding hydrogens is 494 g/mol. The largest absolute Gasteiger partial charge is 0.391 e. The summed E-state index contributed by atoms with van der Waals surface area (Å²) < 4.78 is 14.5. The molecule has 2 aromatic carbocycles. The van der Waals surface area contributed by atoms with Crippen molar-refractivity contribution in [1.29, 1.82) is 5.26 Å². The van der Waals surface area contributed by atoms with Crippen molar-refractivity contribution in [2.75, 3.05) is 24.5 Å². The highest BCUT2D eigenvalue weighted by Gasteiger charge is 2.22. The van der Waals surface area contributed by atoms with Crippen molar-refractivity contribution in [3.63, 3.8) is 0 Å². The van der Waals surface area contributed by atoms with Gasteiger partial charge in [-0.2, -0.15) is 5.26 Å². The van der Waals surface area contributed by atoms with Gasteiger partial charge in [0.25, 0.3) is 0 Å². The second-order valence-corrected chi connectivity index (χ2v) is 10.9. The van der Waals surface area contributed by atoms with Gasteiger partial charge >= 0.3 is 0 Å². The summed E-state index contributed by atoms with van der Waals surface area (Å²) in [7, 11) is 2.81. The monoisotopic (exact) mass is 524 g/mol. The number of nitrogens with two attached hydrogens (primary N) is 1. The van der Waals surface area contributed by atoms with E-state index in [1.165, 1.54) is 12.1 Å². The molecule has 188 valence electrons. The number of hydrogen-bond donors (Lipinski definition) is 3. The first-order valence-corrected chi connectivity index (χ1v) is 13.4. The molecule has 1 aliphatic rings. The fourth-order valence-electron chi connectivity index (χ4n) is 4.55. The van der Waals surface area contributed by atoms with Crippen molar-refractivity contribution >= 4 is 38.0 Å². The van der Waals surface area contributed by atoms with Gasteiger partial charge in [-0.1, -0.05) is 12.1 Å². The summed E-state index contributed by atoms with van der Waals surface area (Å²) in [4.78, 5) is 14.7. The third kappa shape index (κ3) is 6.11. The molecule has 1 aromatic heterocycles. The number of anilines is 1. The van der Waals surface area contributed by atoms with E-state index in [2.05, 4.69) is 43.7 Å². The standard InChI is InChI=1S/C27H30FN4O2PS/c28-25-10-17(3-4-18(25)14-29)24-13-22(11-19(30)2-1-8-31-16-33)36-27(24)23-6-5-20(12-26(23)35)32-9-7-21(34)15-32/h3-6,10,12-13,16,19,21,34H,1-2,7-9,11,15,30,35H2,(H,31,33). The van der Waals surface area contributed by atoms with Crippen LogP contribution in [-0.2, 0) is 11.2 Å². The van der Waals surface area contributed by atoms with Crippen LogP contribution in [0.1, 0.15) is 29.7 Å². The molecule has 3 atom stereocenters. The molecule has 9 heteroatoms. The third-order valence-corrected chi connectivity index (χ3v) is 8.10. The Kier molecular flexibility index (Phi) is 8.71. The van der Waals surface area contributed by atoms with E-state index in [-0.39, 0.29) is 17.7 Å². The lowest BCUT2D eigenvalue weighted by molar-refractivity contribution is -0.109. The lowest BCUT2D eigenvalue weighted by Crippen LogP contribution is -2.24. The van der Waals surface area contributed by atoms with E-state index in [1.807, 2.05) is 6.07 Å². The lowest BCUT2D eigenvalue weighted by atomic mass is 9.99. The number of halogens is 1. The second-order valence-electron chi connectivity index (χ2n) is 9.10. The summed E-state index contributed by atoms with van der Waals surface area (Å²) in [5.41, 5.74) is 10.1. The van der Waals surface area contributed by atoms with E-state index >= 15 is 0 Å². The Balaban J connectivity index is 1.67. The Morgan fingerprint density at radius 1 is 1.31 bits per heavy atom. The van der Waals surface area contributed by atoms with E-state index in [9.17, 15) is 14.3 Å². The van der Waals surface area contributed by atoms with Crippen LogP contribution in [-0.4, -0.2) is 43.3 Å². The summed E-state index contributed by atoms with van der Waals surface area (Å²) >= 11 is 1.64. The van der Waals surface area contributed by atoms with E-state index in [0.29, 0.717) is 31.5 Å². The van der Waals surface area contributed by atoms with Crippen LogP contribution >= 0.6 is 20.6 Å². The van der Waals surface area contributed by atoms with Crippen LogP contribution in [0.15, 0.2) is 42.5 Å². The van der Waals surface area contributed by atoms with Gasteiger partial charge in [-0.05, 0) is 72.4 Å². The number of hydrogen-bond acceptors (Lipinski definition) is 6. The normalized spacial score (nSPS) is 16.1. The Hall–Kier alpha value is -2.82. The smallest absolute Gasteiger partial charge is 0.207 e. The van der Waals surface area contributed by atoms with Crippen molar-refractivity contribution in [3.05, 3.63) is 58.7 Å². The van der Waals surface area contributed by atoms with Crippen molar-refractivity contribution in [2.24, 2.45) is 5.73 Å². The van der Waals surface area contributed by atoms with Crippen LogP contribution in [0.4, 0.5) is 10.1 Å². The zero-order valence-electron chi connectivity index (χ0n) is 19.9. The van der Waals surface area contributed by atoms with Crippen LogP contribution in [0, 0.1) is 17.1 Å². The summed E-state index contributed by atoms with van der Waals surface area (Å²) in [5, 5.41) is 22.7. The highest BCUT2D eigenvalue weighted by molar-refractivity contribution is 7.28. The van der Waals surface area contributed by atoms with Crippen LogP contribution in [0.2, 0.25) is 0 Å². The summed E-state index contributed by atoms with van der Waals surface area (Å²) in [6, 6.07) is 14.9. The molecule has 0 aliphatic carbocycles. The van der Waals surface area contributed by atoms with E-state index in [1.54, 1.807) is 17.4 Å². The molecule has 6 nitrogen and oxygen atoms in total. The first-order chi connectivity index (χ1) is 17.4. The first kappa shape index (κ1) is 26.2. The topological polar surface area (TPSA) is 102 Å². The van der Waals surface area contributed by atoms with E-state index < -0.39 is 5.82 Å². The molecule has 2 heterocycles. The van der Waals surface area contributed by atoms with Crippen LogP contribution in [0.3, 0.4) is 0 Å². The Morgan fingerprint density at radius 3 is 2.81 bits per heavy atom. The molecule has 0 saturated carbocycles. The minimum absolute atomic E-state index is 0.0191. The molecule has 1 fully saturated rings. The SMILES string of the molecule is N#Cc1ccc(-c2cc(CC(N)CCCNC=O)sc2-c2ccc(N3CCC(O)C3)cc2P)cc1F. The number of nitrogens with zero attached hydrogens (tertiary/aromatic N) is 2. The third-order valence-electron chi connectivity index (χ3n) is 6.43. The molecule has 0 bridgehead atoms. The molecular formula is C27H30FN4O2PS. The van der Waals surface area contributed by atoms with Gasteiger partial charge in [-0.15, -0.1) is 20.6 Å². The van der Waals surface area contributed by atoms with Crippen molar-refractivity contribution in [1.82, 2.24) is 5.32 Å². The van der Waals surface area contributed by atoms with Gasteiger partial charge in [0.2, 0.25) is 6.41 Å². The van der Waals surface area contributed by atoms with E-state index in [4.69, 9.17) is 11.0 Å². The fourth-order valence-corrected chi connectivity index (χ4v) is 6.38. The van der Waals surface area contributed by atoms with E-state index in [0.717, 1.165) is 57.7 Å². The number of aliphatic hydroxyl groups excluding tert-OH is 1. The predicted octanol–water partition coefficient (Wildman–Crippen LogP) is 3.56. The number of carbonyl (C=O) groups is 1. The molecule has 0 radical (unpaired) electrons. The second kappa shape index (κ2) is 11.9. The first-order valence-electron chi connectivity index (χ1n) is 12.0. The highest BCUT2D eigenvalue weighted by Crippen LogP contribution is 2.41. The number of benzene rings is 2. The van der Waals surface area contributed by atoms with Crippen molar-refractivity contribution < 1.29 is 14.3 Å². The molecule has 1 saturated heterocycles. The number of β-amino-alcohol motifs (C(OH)–C–C–N with tert-alkyl or cyclic N) is 1. The Bertz CT molecular complexity index is 1280. The minimum Gasteiger partial charge on any atom is -0.391 e. The number of thiophene rings is 1.